The van der Waals surface area contributed by atoms with Gasteiger partial charge in [0, 0.05) is 13.1 Å². The zero-order chi connectivity index (χ0) is 14.3. The van der Waals surface area contributed by atoms with Crippen LogP contribution in [-0.2, 0) is 0 Å². The van der Waals surface area contributed by atoms with Crippen molar-refractivity contribution in [3.63, 3.8) is 0 Å². The number of nitrogens with zero attached hydrogens (tertiary/aromatic N) is 1. The molecule has 1 atom stereocenters. The van der Waals surface area contributed by atoms with Gasteiger partial charge in [0.15, 0.2) is 0 Å². The van der Waals surface area contributed by atoms with Crippen LogP contribution in [0.25, 0.3) is 0 Å². The number of piperidine rings is 1. The Morgan fingerprint density at radius 2 is 1.63 bits per heavy atom. The van der Waals surface area contributed by atoms with E-state index in [9.17, 15) is 0 Å². The van der Waals surface area contributed by atoms with E-state index in [4.69, 9.17) is 0 Å². The molecule has 0 spiro atoms. The fraction of sp³-hybridized carbons (Fsp3) is 1.00. The number of nitrogens with one attached hydrogen (secondary N) is 1. The molecule has 1 unspecified atom stereocenters. The molecule has 0 bridgehead atoms. The average molecular weight is 268 g/mol. The smallest absolute Gasteiger partial charge is 0.00475 e. The van der Waals surface area contributed by atoms with E-state index in [0.29, 0.717) is 5.41 Å². The zero-order valence-electron chi connectivity index (χ0n) is 14.0. The van der Waals surface area contributed by atoms with E-state index < -0.39 is 0 Å². The van der Waals surface area contributed by atoms with Gasteiger partial charge in [-0.2, -0.15) is 0 Å². The van der Waals surface area contributed by atoms with E-state index in [1.807, 2.05) is 0 Å². The fourth-order valence-corrected chi connectivity index (χ4v) is 2.94. The molecule has 1 saturated heterocycles. The first kappa shape index (κ1) is 17.0. The van der Waals surface area contributed by atoms with E-state index >= 15 is 0 Å². The highest BCUT2D eigenvalue weighted by Crippen LogP contribution is 2.27. The summed E-state index contributed by atoms with van der Waals surface area (Å²) in [7, 11) is 0. The largest absolute Gasteiger partial charge is 0.316 e. The maximum absolute atomic E-state index is 3.58. The Morgan fingerprint density at radius 3 is 2.05 bits per heavy atom. The Morgan fingerprint density at radius 1 is 1.05 bits per heavy atom. The van der Waals surface area contributed by atoms with Crippen LogP contribution in [-0.4, -0.2) is 37.6 Å². The van der Waals surface area contributed by atoms with E-state index in [0.717, 1.165) is 11.8 Å². The Kier molecular flexibility index (Phi) is 7.38. The van der Waals surface area contributed by atoms with Crippen molar-refractivity contribution in [2.45, 2.75) is 60.3 Å². The molecule has 1 aliphatic heterocycles. The number of hydrogen-bond donors (Lipinski definition) is 1. The van der Waals surface area contributed by atoms with Crippen LogP contribution in [0.1, 0.15) is 60.3 Å². The lowest BCUT2D eigenvalue weighted by atomic mass is 9.82. The third-order valence-electron chi connectivity index (χ3n) is 4.34. The molecule has 0 aromatic heterocycles. The minimum Gasteiger partial charge on any atom is -0.316 e. The highest BCUT2D eigenvalue weighted by atomic mass is 15.1. The Balaban J connectivity index is 2.46. The maximum atomic E-state index is 3.58. The van der Waals surface area contributed by atoms with Crippen molar-refractivity contribution in [1.29, 1.82) is 0 Å². The molecule has 1 aliphatic rings. The van der Waals surface area contributed by atoms with Crippen molar-refractivity contribution >= 4 is 0 Å². The predicted octanol–water partition coefficient (Wildman–Crippen LogP) is 3.77. The Hall–Kier alpha value is -0.0800. The van der Waals surface area contributed by atoms with Gasteiger partial charge in [0.1, 0.15) is 0 Å². The number of rotatable bonds is 8. The molecule has 19 heavy (non-hydrogen) atoms. The summed E-state index contributed by atoms with van der Waals surface area (Å²) in [5, 5.41) is 3.58. The SMILES string of the molecule is CC(C)CCN(CCC(C)C)CC1(C)CCCNC1. The third kappa shape index (κ3) is 7.31. The summed E-state index contributed by atoms with van der Waals surface area (Å²) < 4.78 is 0. The second kappa shape index (κ2) is 8.26. The van der Waals surface area contributed by atoms with Gasteiger partial charge in [-0.25, -0.2) is 0 Å². The summed E-state index contributed by atoms with van der Waals surface area (Å²) in [5.74, 6) is 1.64. The molecule has 2 heteroatoms. The van der Waals surface area contributed by atoms with Crippen molar-refractivity contribution in [1.82, 2.24) is 10.2 Å². The van der Waals surface area contributed by atoms with E-state index in [1.54, 1.807) is 0 Å². The van der Waals surface area contributed by atoms with Crippen molar-refractivity contribution in [2.24, 2.45) is 17.3 Å². The van der Waals surface area contributed by atoms with Crippen LogP contribution in [0.4, 0.5) is 0 Å². The molecule has 0 saturated carbocycles. The lowest BCUT2D eigenvalue weighted by Crippen LogP contribution is -2.46. The van der Waals surface area contributed by atoms with Crippen LogP contribution in [0.3, 0.4) is 0 Å². The summed E-state index contributed by atoms with van der Waals surface area (Å²) in [6.45, 7) is 18.1. The van der Waals surface area contributed by atoms with Crippen LogP contribution >= 0.6 is 0 Å². The molecule has 114 valence electrons. The topological polar surface area (TPSA) is 15.3 Å². The Bertz CT molecular complexity index is 217. The first-order valence-electron chi connectivity index (χ1n) is 8.34. The van der Waals surface area contributed by atoms with Crippen LogP contribution < -0.4 is 5.32 Å². The molecule has 0 aliphatic carbocycles. The van der Waals surface area contributed by atoms with Crippen molar-refractivity contribution in [2.75, 3.05) is 32.7 Å². The molecule has 1 fully saturated rings. The van der Waals surface area contributed by atoms with Crippen LogP contribution in [0.15, 0.2) is 0 Å². The predicted molar refractivity (Wildman–Crippen MR) is 85.6 cm³/mol. The van der Waals surface area contributed by atoms with E-state index in [1.165, 1.54) is 58.4 Å². The van der Waals surface area contributed by atoms with Gasteiger partial charge in [0.2, 0.25) is 0 Å². The standard InChI is InChI=1S/C17H36N2/c1-15(2)7-11-19(12-8-16(3)4)14-17(5)9-6-10-18-13-17/h15-16,18H,6-14H2,1-5H3. The molecule has 2 nitrogen and oxygen atoms in total. The molecular formula is C17H36N2. The van der Waals surface area contributed by atoms with Gasteiger partial charge >= 0.3 is 0 Å². The summed E-state index contributed by atoms with van der Waals surface area (Å²) in [6.07, 6.45) is 5.40. The lowest BCUT2D eigenvalue weighted by molar-refractivity contribution is 0.124. The van der Waals surface area contributed by atoms with Gasteiger partial charge in [0.25, 0.3) is 0 Å². The lowest BCUT2D eigenvalue weighted by Gasteiger charge is -2.39. The highest BCUT2D eigenvalue weighted by Gasteiger charge is 2.28. The summed E-state index contributed by atoms with van der Waals surface area (Å²) in [5.41, 5.74) is 0.492. The fourth-order valence-electron chi connectivity index (χ4n) is 2.94. The maximum Gasteiger partial charge on any atom is 0.00475 e. The van der Waals surface area contributed by atoms with Crippen LogP contribution in [0.5, 0.6) is 0 Å². The first-order chi connectivity index (χ1) is 8.91. The normalized spacial score (nSPS) is 24.6. The monoisotopic (exact) mass is 268 g/mol. The summed E-state index contributed by atoms with van der Waals surface area (Å²) >= 11 is 0. The molecule has 1 N–H and O–H groups in total. The minimum atomic E-state index is 0.492. The summed E-state index contributed by atoms with van der Waals surface area (Å²) in [4.78, 5) is 2.73. The average Bonchev–Trinajstić information content (AvgIpc) is 2.33. The number of hydrogen-bond acceptors (Lipinski definition) is 2. The summed E-state index contributed by atoms with van der Waals surface area (Å²) in [6, 6.07) is 0. The second-order valence-corrected chi connectivity index (χ2v) is 7.73. The van der Waals surface area contributed by atoms with Gasteiger partial charge in [-0.1, -0.05) is 34.6 Å². The molecule has 1 heterocycles. The minimum absolute atomic E-state index is 0.492. The van der Waals surface area contributed by atoms with Gasteiger partial charge in [-0.05, 0) is 62.6 Å². The van der Waals surface area contributed by atoms with E-state index in [-0.39, 0.29) is 0 Å². The molecular weight excluding hydrogens is 232 g/mol. The third-order valence-corrected chi connectivity index (χ3v) is 4.34. The van der Waals surface area contributed by atoms with Crippen LogP contribution in [0.2, 0.25) is 0 Å². The van der Waals surface area contributed by atoms with Crippen molar-refractivity contribution in [3.05, 3.63) is 0 Å². The molecule has 0 aromatic rings. The quantitative estimate of drug-likeness (QED) is 0.721. The van der Waals surface area contributed by atoms with E-state index in [2.05, 4.69) is 44.8 Å². The van der Waals surface area contributed by atoms with Gasteiger partial charge < -0.3 is 10.2 Å². The molecule has 0 amide bonds. The molecule has 0 aromatic carbocycles. The Labute approximate surface area is 121 Å². The zero-order valence-corrected chi connectivity index (χ0v) is 14.0. The highest BCUT2D eigenvalue weighted by molar-refractivity contribution is 4.84. The van der Waals surface area contributed by atoms with Crippen molar-refractivity contribution < 1.29 is 0 Å². The van der Waals surface area contributed by atoms with Gasteiger partial charge in [0.05, 0.1) is 0 Å². The molecule has 1 rings (SSSR count). The second-order valence-electron chi connectivity index (χ2n) is 7.73. The first-order valence-corrected chi connectivity index (χ1v) is 8.34. The molecule has 0 radical (unpaired) electrons. The van der Waals surface area contributed by atoms with Gasteiger partial charge in [-0.3, -0.25) is 0 Å². The van der Waals surface area contributed by atoms with Gasteiger partial charge in [-0.15, -0.1) is 0 Å². The van der Waals surface area contributed by atoms with Crippen molar-refractivity contribution in [3.8, 4) is 0 Å². The van der Waals surface area contributed by atoms with Crippen LogP contribution in [0, 0.1) is 17.3 Å².